The van der Waals surface area contributed by atoms with E-state index < -0.39 is 66.1 Å². The van der Waals surface area contributed by atoms with Gasteiger partial charge in [-0.1, -0.05) is 85.0 Å². The summed E-state index contributed by atoms with van der Waals surface area (Å²) in [5.74, 6) is -19.7. The summed E-state index contributed by atoms with van der Waals surface area (Å²) in [6.45, 7) is 0. The Morgan fingerprint density at radius 1 is 0.490 bits per heavy atom. The molecule has 0 unspecified atom stereocenters. The van der Waals surface area contributed by atoms with E-state index in [1.807, 2.05) is 0 Å². The molecule has 1 aliphatic carbocycles. The molecule has 0 aliphatic heterocycles. The monoisotopic (exact) mass is 820 g/mol. The van der Waals surface area contributed by atoms with Gasteiger partial charge in [0.05, 0.1) is 58.2 Å². The Kier molecular flexibility index (Phi) is 19.9. The van der Waals surface area contributed by atoms with Crippen molar-refractivity contribution < 1.29 is 70.1 Å². The van der Waals surface area contributed by atoms with Crippen LogP contribution in [-0.2, 0) is 26.2 Å². The molecule has 252 valence electrons. The first-order valence-electron chi connectivity index (χ1n) is 12.8. The molecule has 49 heavy (non-hydrogen) atoms. The van der Waals surface area contributed by atoms with Crippen molar-refractivity contribution in [3.63, 3.8) is 0 Å². The first kappa shape index (κ1) is 46.0. The fourth-order valence-corrected chi connectivity index (χ4v) is 6.63. The number of rotatable bonds is 4. The Balaban J connectivity index is 0.000000758. The minimum absolute atomic E-state index is 0. The Morgan fingerprint density at radius 2 is 0.837 bits per heavy atom. The van der Waals surface area contributed by atoms with Gasteiger partial charge in [-0.2, -0.15) is 6.07 Å². The summed E-state index contributed by atoms with van der Waals surface area (Å²) < 4.78 is 120. The molecule has 0 bridgehead atoms. The maximum Gasteiger partial charge on any atom is 3.00 e. The van der Waals surface area contributed by atoms with Crippen molar-refractivity contribution in [2.45, 2.75) is 5.92 Å². The Labute approximate surface area is 310 Å². The predicted octanol–water partition coefficient (Wildman–Crippen LogP) is 9.20. The van der Waals surface area contributed by atoms with Crippen LogP contribution in [0.15, 0.2) is 103 Å². The van der Waals surface area contributed by atoms with Crippen molar-refractivity contribution in [3.05, 3.63) is 179 Å². The van der Waals surface area contributed by atoms with Crippen LogP contribution in [0.2, 0.25) is 0 Å². The molecule has 0 fully saturated rings. The van der Waals surface area contributed by atoms with Gasteiger partial charge in [0.2, 0.25) is 0 Å². The van der Waals surface area contributed by atoms with Crippen LogP contribution in [0, 0.1) is 70.3 Å². The normalized spacial score (nSPS) is 11.2. The van der Waals surface area contributed by atoms with Crippen molar-refractivity contribution in [1.29, 1.82) is 0 Å². The number of hydrogen-bond acceptors (Lipinski definition) is 0. The average molecular weight is 822 g/mol. The van der Waals surface area contributed by atoms with E-state index in [4.69, 9.17) is 0 Å². The number of hydrogen-bond donors (Lipinski definition) is 0. The average Bonchev–Trinajstić information content (AvgIpc) is 3.76. The van der Waals surface area contributed by atoms with E-state index in [1.165, 1.54) is 21.5 Å². The van der Waals surface area contributed by atoms with Crippen LogP contribution >= 0.6 is 32.7 Å². The zero-order valence-electron chi connectivity index (χ0n) is 24.5. The van der Waals surface area contributed by atoms with E-state index in [0.717, 1.165) is 12.1 Å². The maximum atomic E-state index is 12.0. The summed E-state index contributed by atoms with van der Waals surface area (Å²) >= 11 is 0. The number of halogens is 12. The second-order valence-electron chi connectivity index (χ2n) is 9.06. The standard InChI is InChI=1S/C22H18P.2C6F5.B.2ClH.Zr/c1-3-12-19(13-4-1)23(20-14-5-2-6-15-20)22-17-9-16-21(22)18-10-7-8-11-18;2*7-2-1-3(8)5(10)6(11)4(2)9;;;;/h1-18H;;;;2*1H;/q3*-1;;;;+3. The van der Waals surface area contributed by atoms with Crippen LogP contribution in [0.25, 0.3) is 0 Å². The van der Waals surface area contributed by atoms with Gasteiger partial charge in [-0.15, -0.1) is 47.8 Å². The van der Waals surface area contributed by atoms with Crippen molar-refractivity contribution >= 4 is 57.1 Å². The maximum absolute atomic E-state index is 12.0. The zero-order chi connectivity index (χ0) is 32.7. The Morgan fingerprint density at radius 3 is 1.18 bits per heavy atom. The van der Waals surface area contributed by atoms with E-state index in [0.29, 0.717) is 5.92 Å². The molecule has 0 spiro atoms. The van der Waals surface area contributed by atoms with Gasteiger partial charge in [0.1, 0.15) is 0 Å². The van der Waals surface area contributed by atoms with Gasteiger partial charge >= 0.3 is 26.2 Å². The molecular formula is C34H20BCl2F10PZr. The van der Waals surface area contributed by atoms with E-state index >= 15 is 0 Å². The molecule has 15 heteroatoms. The van der Waals surface area contributed by atoms with Gasteiger partial charge in [0.25, 0.3) is 0 Å². The van der Waals surface area contributed by atoms with Gasteiger partial charge < -0.3 is 0 Å². The fraction of sp³-hybridized carbons (Fsp3) is 0.0294. The Hall–Kier alpha value is -3.03. The van der Waals surface area contributed by atoms with Gasteiger partial charge in [0.15, 0.2) is 0 Å². The third kappa shape index (κ3) is 11.2. The first-order chi connectivity index (χ1) is 21.5. The number of benzene rings is 4. The summed E-state index contributed by atoms with van der Waals surface area (Å²) in [7, 11) is -0.514. The molecule has 0 amide bonds. The molecule has 5 aromatic carbocycles. The molecule has 4 radical (unpaired) electrons. The largest absolute Gasteiger partial charge is 3.00 e. The van der Waals surface area contributed by atoms with Crippen LogP contribution in [0.5, 0.6) is 0 Å². The van der Waals surface area contributed by atoms with Crippen LogP contribution in [-0.4, -0.2) is 8.41 Å². The minimum Gasteiger partial charge on any atom is -0.278 e. The second-order valence-corrected chi connectivity index (χ2v) is 11.2. The summed E-state index contributed by atoms with van der Waals surface area (Å²) in [5, 5.41) is 4.29. The first-order valence-corrected chi connectivity index (χ1v) is 14.2. The molecule has 6 rings (SSSR count). The van der Waals surface area contributed by atoms with E-state index in [2.05, 4.69) is 103 Å². The third-order valence-electron chi connectivity index (χ3n) is 6.18. The third-order valence-corrected chi connectivity index (χ3v) is 8.70. The molecule has 0 aromatic heterocycles. The SMILES string of the molecule is C1=CC([c-]2cccc2P(c2ccccc2)c2ccccc2)C=C1.Cl.Cl.Fc1[c-]c(F)c(F)c(F)c1F.Fc1[c-]c(F)c(F)c(F)c1F.[B].[Zr+3]. The molecule has 0 saturated heterocycles. The summed E-state index contributed by atoms with van der Waals surface area (Å²) in [6, 6.07) is 30.6. The molecule has 0 atom stereocenters. The van der Waals surface area contributed by atoms with Crippen LogP contribution < -0.4 is 15.9 Å². The van der Waals surface area contributed by atoms with Crippen LogP contribution in [0.4, 0.5) is 43.9 Å². The van der Waals surface area contributed by atoms with Gasteiger partial charge in [-0.3, -0.25) is 17.6 Å². The van der Waals surface area contributed by atoms with Gasteiger partial charge in [0, 0.05) is 8.41 Å². The van der Waals surface area contributed by atoms with Crippen molar-refractivity contribution in [2.75, 3.05) is 0 Å². The molecule has 0 nitrogen and oxygen atoms in total. The molecular weight excluding hydrogens is 802 g/mol. The van der Waals surface area contributed by atoms with Crippen molar-refractivity contribution in [2.24, 2.45) is 0 Å². The predicted molar refractivity (Wildman–Crippen MR) is 172 cm³/mol. The second kappa shape index (κ2) is 21.2. The van der Waals surface area contributed by atoms with E-state index in [9.17, 15) is 43.9 Å². The Bertz CT molecular complexity index is 1680. The molecule has 0 heterocycles. The molecule has 5 aromatic rings. The van der Waals surface area contributed by atoms with Gasteiger partial charge in [-0.25, -0.2) is 38.5 Å². The van der Waals surface area contributed by atoms with Crippen LogP contribution in [0.3, 0.4) is 0 Å². The topological polar surface area (TPSA) is 0 Å². The van der Waals surface area contributed by atoms with Crippen molar-refractivity contribution in [3.8, 4) is 0 Å². The van der Waals surface area contributed by atoms with Crippen LogP contribution in [0.1, 0.15) is 11.5 Å². The van der Waals surface area contributed by atoms with Crippen molar-refractivity contribution in [1.82, 2.24) is 0 Å². The summed E-state index contributed by atoms with van der Waals surface area (Å²) in [6.07, 6.45) is 8.86. The quantitative estimate of drug-likeness (QED) is 0.0424. The van der Waals surface area contributed by atoms with E-state index in [-0.39, 0.29) is 59.4 Å². The van der Waals surface area contributed by atoms with Gasteiger partial charge in [-0.05, 0) is 24.4 Å². The summed E-state index contributed by atoms with van der Waals surface area (Å²) in [4.78, 5) is 0. The molecule has 0 N–H and O–H groups in total. The molecule has 0 saturated carbocycles. The summed E-state index contributed by atoms with van der Waals surface area (Å²) in [5.41, 5.74) is 1.44. The smallest absolute Gasteiger partial charge is 0.278 e. The fourth-order valence-electron chi connectivity index (χ4n) is 4.12. The zero-order valence-corrected chi connectivity index (χ0v) is 29.5. The van der Waals surface area contributed by atoms with E-state index in [1.54, 1.807) is 0 Å². The number of allylic oxidation sites excluding steroid dienone is 4. The molecule has 1 aliphatic rings. The minimum atomic E-state index is -2.17.